The number of hydrogen-bond donors (Lipinski definition) is 0. The van der Waals surface area contributed by atoms with E-state index >= 15 is 0 Å². The first-order chi connectivity index (χ1) is 4.91. The second-order valence-corrected chi connectivity index (χ2v) is 6.24. The Hall–Kier alpha value is 0.400. The van der Waals surface area contributed by atoms with Gasteiger partial charge in [0.1, 0.15) is 0 Å². The summed E-state index contributed by atoms with van der Waals surface area (Å²) in [5.74, 6) is 0. The van der Waals surface area contributed by atoms with Crippen molar-refractivity contribution in [3.05, 3.63) is 13.9 Å². The van der Waals surface area contributed by atoms with Crippen LogP contribution in [0.3, 0.4) is 0 Å². The van der Waals surface area contributed by atoms with Gasteiger partial charge in [0, 0.05) is 5.41 Å². The zero-order valence-corrected chi connectivity index (χ0v) is 9.77. The van der Waals surface area contributed by atoms with Gasteiger partial charge in [-0.1, -0.05) is 43.7 Å². The molecule has 0 aliphatic heterocycles. The first kappa shape index (κ1) is 9.49. The Morgan fingerprint density at radius 3 is 2.18 bits per heavy atom. The number of rotatable bonds is 0. The highest BCUT2D eigenvalue weighted by molar-refractivity contribution is 9.11. The summed E-state index contributed by atoms with van der Waals surface area (Å²) in [5, 5.41) is 0. The lowest BCUT2D eigenvalue weighted by atomic mass is 9.93. The van der Waals surface area contributed by atoms with Crippen molar-refractivity contribution in [2.45, 2.75) is 26.2 Å². The van der Waals surface area contributed by atoms with Gasteiger partial charge in [0.2, 0.25) is 0 Å². The van der Waals surface area contributed by atoms with Crippen LogP contribution in [0.5, 0.6) is 0 Å². The van der Waals surface area contributed by atoms with E-state index in [0.29, 0.717) is 4.47 Å². The number of hydrogen-bond acceptors (Lipinski definition) is 2. The second-order valence-electron chi connectivity index (χ2n) is 3.34. The van der Waals surface area contributed by atoms with Crippen LogP contribution in [-0.4, -0.2) is 4.98 Å². The topological polar surface area (TPSA) is 12.9 Å². The van der Waals surface area contributed by atoms with Crippen LogP contribution < -0.4 is 0 Å². The Labute approximate surface area is 83.9 Å². The van der Waals surface area contributed by atoms with Gasteiger partial charge in [-0.3, -0.25) is 0 Å². The molecule has 0 saturated heterocycles. The van der Waals surface area contributed by atoms with Gasteiger partial charge in [-0.15, -0.1) is 0 Å². The molecule has 0 saturated carbocycles. The normalized spacial score (nSPS) is 12.1. The Morgan fingerprint density at radius 1 is 1.45 bits per heavy atom. The second kappa shape index (κ2) is 3.04. The lowest BCUT2D eigenvalue weighted by Crippen LogP contribution is -2.11. The fraction of sp³-hybridized carbons (Fsp3) is 0.571. The third kappa shape index (κ3) is 2.17. The van der Waals surface area contributed by atoms with Crippen molar-refractivity contribution in [1.29, 1.82) is 0 Å². The maximum Gasteiger partial charge on any atom is 0.184 e. The molecule has 0 radical (unpaired) electrons. The van der Waals surface area contributed by atoms with Crippen molar-refractivity contribution in [3.63, 3.8) is 0 Å². The minimum atomic E-state index is 0.0719. The summed E-state index contributed by atoms with van der Waals surface area (Å²) in [7, 11) is 0. The predicted octanol–water partition coefficient (Wildman–Crippen LogP) is 3.86. The SMILES string of the molecule is CC(C)(C)c1nc(Cl)sc1Br. The number of thiazole rings is 1. The maximum absolute atomic E-state index is 5.75. The van der Waals surface area contributed by atoms with E-state index in [-0.39, 0.29) is 5.41 Å². The average Bonchev–Trinajstić information content (AvgIpc) is 2.08. The standard InChI is InChI=1S/C7H9BrClNS/c1-7(2,3)4-5(8)11-6(9)10-4/h1-3H3. The minimum Gasteiger partial charge on any atom is -0.228 e. The molecule has 0 amide bonds. The molecule has 0 aromatic carbocycles. The van der Waals surface area contributed by atoms with Crippen LogP contribution in [0.2, 0.25) is 4.47 Å². The number of nitrogens with zero attached hydrogens (tertiary/aromatic N) is 1. The molecular weight excluding hydrogens is 246 g/mol. The van der Waals surface area contributed by atoms with Gasteiger partial charge in [-0.2, -0.15) is 0 Å². The molecule has 1 rings (SSSR count). The molecule has 4 heteroatoms. The Balaban J connectivity index is 3.13. The summed E-state index contributed by atoms with van der Waals surface area (Å²) in [6.07, 6.45) is 0. The van der Waals surface area contributed by atoms with Crippen LogP contribution in [0, 0.1) is 0 Å². The van der Waals surface area contributed by atoms with E-state index in [4.69, 9.17) is 11.6 Å². The zero-order valence-electron chi connectivity index (χ0n) is 6.61. The molecule has 0 spiro atoms. The summed E-state index contributed by atoms with van der Waals surface area (Å²) >= 11 is 10.6. The fourth-order valence-corrected chi connectivity index (χ4v) is 3.21. The van der Waals surface area contributed by atoms with Gasteiger partial charge in [0.05, 0.1) is 9.48 Å². The summed E-state index contributed by atoms with van der Waals surface area (Å²) in [5.41, 5.74) is 1.11. The van der Waals surface area contributed by atoms with Crippen LogP contribution in [0.15, 0.2) is 3.79 Å². The van der Waals surface area contributed by atoms with Crippen LogP contribution in [0.1, 0.15) is 26.5 Å². The van der Waals surface area contributed by atoms with Crippen LogP contribution in [-0.2, 0) is 5.41 Å². The highest BCUT2D eigenvalue weighted by Crippen LogP contribution is 2.35. The molecule has 0 fully saturated rings. The maximum atomic E-state index is 5.75. The van der Waals surface area contributed by atoms with Crippen molar-refractivity contribution in [2.24, 2.45) is 0 Å². The third-order valence-electron chi connectivity index (χ3n) is 1.27. The summed E-state index contributed by atoms with van der Waals surface area (Å²) in [6.45, 7) is 6.34. The van der Waals surface area contributed by atoms with Crippen molar-refractivity contribution in [2.75, 3.05) is 0 Å². The molecule has 1 aromatic rings. The van der Waals surface area contributed by atoms with E-state index in [2.05, 4.69) is 41.7 Å². The van der Waals surface area contributed by atoms with E-state index in [1.807, 2.05) is 0 Å². The quantitative estimate of drug-likeness (QED) is 0.685. The fourth-order valence-electron chi connectivity index (χ4n) is 0.739. The lowest BCUT2D eigenvalue weighted by molar-refractivity contribution is 0.570. The average molecular weight is 255 g/mol. The van der Waals surface area contributed by atoms with Gasteiger partial charge in [-0.05, 0) is 15.9 Å². The lowest BCUT2D eigenvalue weighted by Gasteiger charge is -2.15. The number of halogens is 2. The van der Waals surface area contributed by atoms with Crippen LogP contribution in [0.25, 0.3) is 0 Å². The summed E-state index contributed by atoms with van der Waals surface area (Å²) in [4.78, 5) is 4.22. The van der Waals surface area contributed by atoms with E-state index in [1.54, 1.807) is 0 Å². The Bertz CT molecular complexity index is 264. The van der Waals surface area contributed by atoms with Crippen LogP contribution in [0.4, 0.5) is 0 Å². The van der Waals surface area contributed by atoms with Gasteiger partial charge in [-0.25, -0.2) is 4.98 Å². The molecule has 0 atom stereocenters. The summed E-state index contributed by atoms with van der Waals surface area (Å²) in [6, 6.07) is 0. The smallest absolute Gasteiger partial charge is 0.184 e. The molecule has 0 N–H and O–H groups in total. The van der Waals surface area contributed by atoms with E-state index < -0.39 is 0 Å². The highest BCUT2D eigenvalue weighted by atomic mass is 79.9. The third-order valence-corrected chi connectivity index (χ3v) is 3.08. The minimum absolute atomic E-state index is 0.0719. The molecule has 0 bridgehead atoms. The Kier molecular flexibility index (Phi) is 2.62. The van der Waals surface area contributed by atoms with Crippen LogP contribution >= 0.6 is 38.9 Å². The molecule has 0 aliphatic rings. The molecule has 1 nitrogen and oxygen atoms in total. The Morgan fingerprint density at radius 2 is 2.00 bits per heavy atom. The van der Waals surface area contributed by atoms with Gasteiger partial charge >= 0.3 is 0 Å². The van der Waals surface area contributed by atoms with Crippen molar-refractivity contribution >= 4 is 38.9 Å². The first-order valence-electron chi connectivity index (χ1n) is 3.23. The number of aromatic nitrogens is 1. The van der Waals surface area contributed by atoms with Gasteiger partial charge in [0.25, 0.3) is 0 Å². The van der Waals surface area contributed by atoms with Gasteiger partial charge in [0.15, 0.2) is 4.47 Å². The molecule has 1 aromatic heterocycles. The highest BCUT2D eigenvalue weighted by Gasteiger charge is 2.21. The molecule has 62 valence electrons. The molecule has 0 aliphatic carbocycles. The molecular formula is C7H9BrClNS. The summed E-state index contributed by atoms with van der Waals surface area (Å²) < 4.78 is 1.64. The molecule has 11 heavy (non-hydrogen) atoms. The zero-order chi connectivity index (χ0) is 8.65. The van der Waals surface area contributed by atoms with E-state index in [0.717, 1.165) is 9.48 Å². The van der Waals surface area contributed by atoms with E-state index in [9.17, 15) is 0 Å². The van der Waals surface area contributed by atoms with Gasteiger partial charge < -0.3 is 0 Å². The molecule has 1 heterocycles. The largest absolute Gasteiger partial charge is 0.228 e. The van der Waals surface area contributed by atoms with Crippen molar-refractivity contribution < 1.29 is 0 Å². The first-order valence-corrected chi connectivity index (χ1v) is 5.22. The van der Waals surface area contributed by atoms with Crippen molar-refractivity contribution in [1.82, 2.24) is 4.98 Å². The monoisotopic (exact) mass is 253 g/mol. The predicted molar refractivity (Wildman–Crippen MR) is 53.5 cm³/mol. The molecule has 0 unspecified atom stereocenters. The van der Waals surface area contributed by atoms with Crippen molar-refractivity contribution in [3.8, 4) is 0 Å². The van der Waals surface area contributed by atoms with E-state index in [1.165, 1.54) is 11.3 Å².